The maximum atomic E-state index is 12.3. The molecule has 0 amide bonds. The van der Waals surface area contributed by atoms with Crippen LogP contribution in [0.4, 0.5) is 0 Å². The molecule has 4 unspecified atom stereocenters. The first-order valence-corrected chi connectivity index (χ1v) is 12.5. The van der Waals surface area contributed by atoms with E-state index in [0.717, 1.165) is 4.57 Å². The zero-order valence-corrected chi connectivity index (χ0v) is 21.2. The van der Waals surface area contributed by atoms with Gasteiger partial charge in [-0.1, -0.05) is 11.6 Å². The van der Waals surface area contributed by atoms with Crippen molar-refractivity contribution >= 4 is 25.9 Å². The molecular formula is C22H27ClN3O8P. The number of ether oxygens (including phenoxy) is 4. The molecule has 0 saturated carbocycles. The van der Waals surface area contributed by atoms with Crippen molar-refractivity contribution < 1.29 is 28.3 Å². The molecule has 2 heterocycles. The number of nitrogens with zero attached hydrogens (tertiary/aromatic N) is 1. The number of carbonyl (C=O) groups is 1. The Morgan fingerprint density at radius 2 is 1.89 bits per heavy atom. The van der Waals surface area contributed by atoms with Gasteiger partial charge in [0.25, 0.3) is 5.56 Å². The highest BCUT2D eigenvalue weighted by Crippen LogP contribution is 2.37. The lowest BCUT2D eigenvalue weighted by molar-refractivity contribution is -0.148. The number of hydrogen-bond acceptors (Lipinski definition) is 9. The van der Waals surface area contributed by atoms with Crippen LogP contribution >= 0.6 is 19.9 Å². The van der Waals surface area contributed by atoms with Crippen molar-refractivity contribution in [1.82, 2.24) is 14.6 Å². The van der Waals surface area contributed by atoms with E-state index in [1.165, 1.54) is 6.20 Å². The van der Waals surface area contributed by atoms with Crippen LogP contribution in [0.25, 0.3) is 0 Å². The molecule has 2 N–H and O–H groups in total. The highest BCUT2D eigenvalue weighted by atomic mass is 35.5. The fourth-order valence-corrected chi connectivity index (χ4v) is 4.44. The summed E-state index contributed by atoms with van der Waals surface area (Å²) in [5.41, 5.74) is -1.35. The van der Waals surface area contributed by atoms with Crippen molar-refractivity contribution in [2.75, 3.05) is 13.5 Å². The summed E-state index contributed by atoms with van der Waals surface area (Å²) in [4.78, 5) is 38.0. The van der Waals surface area contributed by atoms with Crippen molar-refractivity contribution in [1.29, 1.82) is 0 Å². The second kappa shape index (κ2) is 12.3. The Bertz CT molecular complexity index is 1150. The molecule has 11 nitrogen and oxygen atoms in total. The van der Waals surface area contributed by atoms with Gasteiger partial charge in [-0.25, -0.2) is 9.88 Å². The predicted molar refractivity (Wildman–Crippen MR) is 130 cm³/mol. The second-order valence-corrected chi connectivity index (χ2v) is 9.56. The van der Waals surface area contributed by atoms with E-state index in [1.54, 1.807) is 64.3 Å². The number of hydrogen-bond donors (Lipinski definition) is 2. The average molecular weight is 528 g/mol. The van der Waals surface area contributed by atoms with Crippen LogP contribution in [-0.4, -0.2) is 47.4 Å². The summed E-state index contributed by atoms with van der Waals surface area (Å²) >= 11 is 5.82. The molecule has 0 aliphatic carbocycles. The van der Waals surface area contributed by atoms with Crippen LogP contribution in [0.2, 0.25) is 5.02 Å². The van der Waals surface area contributed by atoms with Crippen molar-refractivity contribution in [2.45, 2.75) is 45.4 Å². The zero-order chi connectivity index (χ0) is 25.5. The van der Waals surface area contributed by atoms with Gasteiger partial charge in [0.1, 0.15) is 28.9 Å². The number of esters is 1. The molecule has 1 aliphatic rings. The minimum Gasteiger partial charge on any atom is -0.497 e. The fraction of sp³-hybridized carbons (Fsp3) is 0.409. The molecule has 0 fully saturated rings. The topological polar surface area (TPSA) is 130 Å². The number of nitrogens with one attached hydrogen (secondary N) is 2. The minimum absolute atomic E-state index is 0.0453. The van der Waals surface area contributed by atoms with E-state index in [-0.39, 0.29) is 17.5 Å². The first-order valence-electron chi connectivity index (χ1n) is 10.7. The van der Waals surface area contributed by atoms with Crippen LogP contribution in [-0.2, 0) is 19.0 Å². The van der Waals surface area contributed by atoms with Gasteiger partial charge in [0.05, 0.1) is 13.2 Å². The number of halogens is 1. The van der Waals surface area contributed by atoms with Crippen LogP contribution in [0.15, 0.2) is 52.2 Å². The lowest BCUT2D eigenvalue weighted by atomic mass is 10.3. The lowest BCUT2D eigenvalue weighted by Gasteiger charge is -2.24. The fourth-order valence-electron chi connectivity index (χ4n) is 2.91. The number of benzene rings is 1. The zero-order valence-electron chi connectivity index (χ0n) is 19.6. The Kier molecular flexibility index (Phi) is 9.47. The molecule has 1 aromatic carbocycles. The number of aromatic amines is 1. The minimum atomic E-state index is -1.51. The molecule has 0 spiro atoms. The third kappa shape index (κ3) is 7.65. The third-order valence-corrected chi connectivity index (χ3v) is 6.34. The second-order valence-electron chi connectivity index (χ2n) is 7.70. The molecule has 13 heteroatoms. The van der Waals surface area contributed by atoms with Crippen LogP contribution in [0.3, 0.4) is 0 Å². The highest BCUT2D eigenvalue weighted by Gasteiger charge is 2.27. The third-order valence-electron chi connectivity index (χ3n) is 4.58. The van der Waals surface area contributed by atoms with Crippen molar-refractivity contribution in [2.24, 2.45) is 0 Å². The highest BCUT2D eigenvalue weighted by molar-refractivity contribution is 7.50. The van der Waals surface area contributed by atoms with E-state index in [1.807, 2.05) is 0 Å². The summed E-state index contributed by atoms with van der Waals surface area (Å²) in [6, 6.07) is 6.32. The molecule has 0 bridgehead atoms. The van der Waals surface area contributed by atoms with Crippen LogP contribution in [0, 0.1) is 0 Å². The maximum Gasteiger partial charge on any atom is 0.330 e. The summed E-state index contributed by atoms with van der Waals surface area (Å²) < 4.78 is 29.1. The summed E-state index contributed by atoms with van der Waals surface area (Å²) in [6.45, 7) is 5.21. The van der Waals surface area contributed by atoms with Gasteiger partial charge in [-0.05, 0) is 57.2 Å². The van der Waals surface area contributed by atoms with Crippen molar-refractivity contribution in [3.8, 4) is 11.5 Å². The van der Waals surface area contributed by atoms with Gasteiger partial charge in [0, 0.05) is 6.20 Å². The molecule has 1 aromatic heterocycles. The van der Waals surface area contributed by atoms with Crippen LogP contribution in [0.5, 0.6) is 11.5 Å². The summed E-state index contributed by atoms with van der Waals surface area (Å²) in [5, 5.41) is 2.96. The van der Waals surface area contributed by atoms with Crippen LogP contribution in [0.1, 0.15) is 27.0 Å². The van der Waals surface area contributed by atoms with Gasteiger partial charge in [-0.15, -0.1) is 0 Å². The van der Waals surface area contributed by atoms with Gasteiger partial charge in [0.15, 0.2) is 20.8 Å². The van der Waals surface area contributed by atoms with Gasteiger partial charge in [-0.2, -0.15) is 0 Å². The van der Waals surface area contributed by atoms with E-state index >= 15 is 0 Å². The quantitative estimate of drug-likeness (QED) is 0.257. The molecule has 190 valence electrons. The molecular weight excluding hydrogens is 501 g/mol. The SMILES string of the molecule is COc1ccc(OP(COC2C=CC(n3cc(Cl)c(=O)[nH]c3=O)O2)NC(C)C(=O)OC(C)C)cc1. The first kappa shape index (κ1) is 26.9. The number of carbonyl (C=O) groups excluding carboxylic acids is 1. The van der Waals surface area contributed by atoms with E-state index in [0.29, 0.717) is 11.5 Å². The number of rotatable bonds is 11. The van der Waals surface area contributed by atoms with Gasteiger partial charge in [0.2, 0.25) is 0 Å². The van der Waals surface area contributed by atoms with E-state index in [2.05, 4.69) is 10.1 Å². The van der Waals surface area contributed by atoms with Gasteiger partial charge < -0.3 is 23.5 Å². The monoisotopic (exact) mass is 527 g/mol. The predicted octanol–water partition coefficient (Wildman–Crippen LogP) is 2.90. The molecule has 2 aromatic rings. The Labute approximate surface area is 207 Å². The lowest BCUT2D eigenvalue weighted by Crippen LogP contribution is -2.35. The molecule has 0 radical (unpaired) electrons. The molecule has 1 aliphatic heterocycles. The largest absolute Gasteiger partial charge is 0.497 e. The maximum absolute atomic E-state index is 12.3. The van der Waals surface area contributed by atoms with Crippen molar-refractivity contribution in [3.63, 3.8) is 0 Å². The molecule has 4 atom stereocenters. The Morgan fingerprint density at radius 1 is 1.20 bits per heavy atom. The van der Waals surface area contributed by atoms with Gasteiger partial charge >= 0.3 is 11.7 Å². The molecule has 3 rings (SSSR count). The summed E-state index contributed by atoms with van der Waals surface area (Å²) in [5.74, 6) is 0.803. The van der Waals surface area contributed by atoms with Crippen LogP contribution < -0.4 is 25.6 Å². The number of H-pyrrole nitrogens is 1. The smallest absolute Gasteiger partial charge is 0.330 e. The van der Waals surface area contributed by atoms with Crippen molar-refractivity contribution in [3.05, 3.63) is 68.5 Å². The molecule has 35 heavy (non-hydrogen) atoms. The average Bonchev–Trinajstić information content (AvgIpc) is 3.28. The summed E-state index contributed by atoms with van der Waals surface area (Å²) in [6.07, 6.45) is 2.59. The van der Waals surface area contributed by atoms with Gasteiger partial charge in [-0.3, -0.25) is 19.1 Å². The van der Waals surface area contributed by atoms with E-state index < -0.39 is 44.1 Å². The summed E-state index contributed by atoms with van der Waals surface area (Å²) in [7, 11) is 0.0542. The Morgan fingerprint density at radius 3 is 2.54 bits per heavy atom. The van der Waals surface area contributed by atoms with E-state index in [9.17, 15) is 14.4 Å². The number of methoxy groups -OCH3 is 1. The molecule has 0 saturated heterocycles. The standard InChI is InChI=1S/C22H27ClN3O8P/c1-13(2)32-21(28)14(3)25-35(34-16-7-5-15(30-4)6-8-16)12-31-19-10-9-18(33-19)26-11-17(23)20(27)24-22(26)29/h5-11,13-14,18-19,25H,12H2,1-4H3,(H,24,27,29). The normalized spacial score (nSPS) is 18.9. The first-order chi connectivity index (χ1) is 16.7. The number of aromatic nitrogens is 2. The van der Waals surface area contributed by atoms with E-state index in [4.69, 9.17) is 35.1 Å². The Balaban J connectivity index is 1.65. The Hall–Kier alpha value is -2.69.